The summed E-state index contributed by atoms with van der Waals surface area (Å²) in [6.45, 7) is 1.92. The minimum atomic E-state index is -4.49. The zero-order chi connectivity index (χ0) is 17.0. The molecule has 23 heavy (non-hydrogen) atoms. The zero-order valence-corrected chi connectivity index (χ0v) is 13.6. The molecule has 0 spiro atoms. The second-order valence-corrected chi connectivity index (χ2v) is 6.22. The molecule has 0 aliphatic heterocycles. The van der Waals surface area contributed by atoms with E-state index in [1.807, 2.05) is 31.2 Å². The first-order valence-electron chi connectivity index (χ1n) is 6.62. The number of carbonyl (C=O) groups excluding carboxylic acids is 1. The standard InChI is InChI=1S/C16H13ClF3NOS/c1-10-4-2-3-5-14(10)23-9-15(22)21-13-8-11(16(18,19)20)6-7-12(13)17/h2-8H,9H2,1H3,(H,21,22). The smallest absolute Gasteiger partial charge is 0.324 e. The van der Waals surface area contributed by atoms with Crippen LogP contribution in [0.15, 0.2) is 47.4 Å². The average molecular weight is 360 g/mol. The van der Waals surface area contributed by atoms with Crippen LogP contribution in [0.25, 0.3) is 0 Å². The second kappa shape index (κ2) is 7.27. The SMILES string of the molecule is Cc1ccccc1SCC(=O)Nc1cc(C(F)(F)F)ccc1Cl. The first kappa shape index (κ1) is 17.7. The maximum absolute atomic E-state index is 12.7. The molecule has 0 atom stereocenters. The van der Waals surface area contributed by atoms with E-state index in [-0.39, 0.29) is 16.5 Å². The Morgan fingerprint density at radius 1 is 1.22 bits per heavy atom. The van der Waals surface area contributed by atoms with Crippen molar-refractivity contribution in [3.05, 3.63) is 58.6 Å². The van der Waals surface area contributed by atoms with Crippen LogP contribution in [0.3, 0.4) is 0 Å². The van der Waals surface area contributed by atoms with Crippen LogP contribution in [0, 0.1) is 6.92 Å². The Morgan fingerprint density at radius 3 is 2.57 bits per heavy atom. The van der Waals surface area contributed by atoms with Gasteiger partial charge in [-0.05, 0) is 36.8 Å². The van der Waals surface area contributed by atoms with Gasteiger partial charge in [0.15, 0.2) is 0 Å². The number of halogens is 4. The molecule has 2 nitrogen and oxygen atoms in total. The summed E-state index contributed by atoms with van der Waals surface area (Å²) in [5.41, 5.74) is 0.128. The quantitative estimate of drug-likeness (QED) is 0.741. The van der Waals surface area contributed by atoms with Gasteiger partial charge in [0.25, 0.3) is 0 Å². The summed E-state index contributed by atoms with van der Waals surface area (Å²) in [6, 6.07) is 10.4. The summed E-state index contributed by atoms with van der Waals surface area (Å²) >= 11 is 7.16. The Hall–Kier alpha value is -1.66. The molecule has 1 N–H and O–H groups in total. The van der Waals surface area contributed by atoms with Gasteiger partial charge in [-0.1, -0.05) is 29.8 Å². The highest BCUT2D eigenvalue weighted by molar-refractivity contribution is 8.00. The van der Waals surface area contributed by atoms with Crippen LogP contribution in [0.2, 0.25) is 5.02 Å². The van der Waals surface area contributed by atoms with E-state index in [0.717, 1.165) is 28.7 Å². The molecule has 0 fully saturated rings. The van der Waals surface area contributed by atoms with E-state index in [2.05, 4.69) is 5.32 Å². The van der Waals surface area contributed by atoms with Crippen molar-refractivity contribution in [3.63, 3.8) is 0 Å². The van der Waals surface area contributed by atoms with Crippen molar-refractivity contribution in [1.29, 1.82) is 0 Å². The Balaban J connectivity index is 2.04. The molecular weight excluding hydrogens is 347 g/mol. The number of hydrogen-bond donors (Lipinski definition) is 1. The summed E-state index contributed by atoms with van der Waals surface area (Å²) < 4.78 is 38.1. The summed E-state index contributed by atoms with van der Waals surface area (Å²) in [7, 11) is 0. The lowest BCUT2D eigenvalue weighted by Gasteiger charge is -2.12. The van der Waals surface area contributed by atoms with Crippen LogP contribution >= 0.6 is 23.4 Å². The highest BCUT2D eigenvalue weighted by atomic mass is 35.5. The topological polar surface area (TPSA) is 29.1 Å². The van der Waals surface area contributed by atoms with Crippen LogP contribution in [0.4, 0.5) is 18.9 Å². The Labute approximate surface area is 141 Å². The minimum absolute atomic E-state index is 0.0446. The number of carbonyl (C=O) groups is 1. The molecule has 0 aliphatic carbocycles. The maximum atomic E-state index is 12.7. The van der Waals surface area contributed by atoms with Crippen LogP contribution in [-0.4, -0.2) is 11.7 Å². The van der Waals surface area contributed by atoms with Gasteiger partial charge in [-0.2, -0.15) is 13.2 Å². The number of anilines is 1. The number of aryl methyl sites for hydroxylation is 1. The molecule has 0 aromatic heterocycles. The maximum Gasteiger partial charge on any atom is 0.416 e. The van der Waals surface area contributed by atoms with Crippen molar-refractivity contribution in [2.45, 2.75) is 18.0 Å². The largest absolute Gasteiger partial charge is 0.416 e. The van der Waals surface area contributed by atoms with E-state index < -0.39 is 17.6 Å². The van der Waals surface area contributed by atoms with E-state index in [1.54, 1.807) is 0 Å². The Bertz CT molecular complexity index is 719. The summed E-state index contributed by atoms with van der Waals surface area (Å²) in [5, 5.41) is 2.48. The third-order valence-electron chi connectivity index (χ3n) is 3.02. The molecule has 2 aromatic carbocycles. The number of benzene rings is 2. The molecule has 0 radical (unpaired) electrons. The van der Waals surface area contributed by atoms with Gasteiger partial charge in [0.05, 0.1) is 22.0 Å². The third-order valence-corrected chi connectivity index (χ3v) is 4.53. The lowest BCUT2D eigenvalue weighted by molar-refractivity contribution is -0.137. The van der Waals surface area contributed by atoms with Gasteiger partial charge in [-0.3, -0.25) is 4.79 Å². The number of thioether (sulfide) groups is 1. The van der Waals surface area contributed by atoms with Crippen molar-refractivity contribution in [2.75, 3.05) is 11.1 Å². The minimum Gasteiger partial charge on any atom is -0.324 e. The highest BCUT2D eigenvalue weighted by Gasteiger charge is 2.31. The van der Waals surface area contributed by atoms with Gasteiger partial charge in [0.2, 0.25) is 5.91 Å². The predicted octanol–water partition coefficient (Wildman–Crippen LogP) is 5.40. The summed E-state index contributed by atoms with van der Waals surface area (Å²) in [5.74, 6) is -0.336. The molecular formula is C16H13ClF3NOS. The van der Waals surface area contributed by atoms with E-state index in [0.29, 0.717) is 0 Å². The van der Waals surface area contributed by atoms with Crippen molar-refractivity contribution in [1.82, 2.24) is 0 Å². The second-order valence-electron chi connectivity index (χ2n) is 4.79. The number of rotatable bonds is 4. The molecule has 2 aromatic rings. The molecule has 0 heterocycles. The van der Waals surface area contributed by atoms with Crippen LogP contribution in [-0.2, 0) is 11.0 Å². The van der Waals surface area contributed by atoms with Gasteiger partial charge in [-0.15, -0.1) is 11.8 Å². The number of amides is 1. The number of alkyl halides is 3. The van der Waals surface area contributed by atoms with Crippen LogP contribution in [0.5, 0.6) is 0 Å². The first-order valence-corrected chi connectivity index (χ1v) is 7.99. The molecule has 122 valence electrons. The molecule has 0 saturated heterocycles. The van der Waals surface area contributed by atoms with Crippen molar-refractivity contribution in [3.8, 4) is 0 Å². The van der Waals surface area contributed by atoms with Gasteiger partial charge in [0, 0.05) is 4.90 Å². The fraction of sp³-hybridized carbons (Fsp3) is 0.188. The van der Waals surface area contributed by atoms with Gasteiger partial charge in [0.1, 0.15) is 0 Å². The Kier molecular flexibility index (Phi) is 5.59. The summed E-state index contributed by atoms with van der Waals surface area (Å²) in [4.78, 5) is 12.9. The van der Waals surface area contributed by atoms with Gasteiger partial charge < -0.3 is 5.32 Å². The monoisotopic (exact) mass is 359 g/mol. The van der Waals surface area contributed by atoms with E-state index in [4.69, 9.17) is 11.6 Å². The lowest BCUT2D eigenvalue weighted by atomic mass is 10.2. The molecule has 0 saturated carbocycles. The van der Waals surface area contributed by atoms with E-state index >= 15 is 0 Å². The van der Waals surface area contributed by atoms with Crippen molar-refractivity contribution < 1.29 is 18.0 Å². The predicted molar refractivity (Wildman–Crippen MR) is 87.0 cm³/mol. The fourth-order valence-electron chi connectivity index (χ4n) is 1.85. The lowest BCUT2D eigenvalue weighted by Crippen LogP contribution is -2.15. The summed E-state index contributed by atoms with van der Waals surface area (Å²) in [6.07, 6.45) is -4.49. The number of hydrogen-bond acceptors (Lipinski definition) is 2. The van der Waals surface area contributed by atoms with Crippen LogP contribution in [0.1, 0.15) is 11.1 Å². The van der Waals surface area contributed by atoms with E-state index in [1.165, 1.54) is 11.8 Å². The van der Waals surface area contributed by atoms with Crippen LogP contribution < -0.4 is 5.32 Å². The molecule has 7 heteroatoms. The molecule has 2 rings (SSSR count). The normalized spacial score (nSPS) is 11.3. The van der Waals surface area contributed by atoms with E-state index in [9.17, 15) is 18.0 Å². The Morgan fingerprint density at radius 2 is 1.91 bits per heavy atom. The van der Waals surface area contributed by atoms with Gasteiger partial charge >= 0.3 is 6.18 Å². The third kappa shape index (κ3) is 4.91. The fourth-order valence-corrected chi connectivity index (χ4v) is 2.84. The number of nitrogens with one attached hydrogen (secondary N) is 1. The molecule has 0 unspecified atom stereocenters. The molecule has 1 amide bonds. The highest BCUT2D eigenvalue weighted by Crippen LogP contribution is 2.34. The zero-order valence-electron chi connectivity index (χ0n) is 12.1. The van der Waals surface area contributed by atoms with Gasteiger partial charge in [-0.25, -0.2) is 0 Å². The molecule has 0 bridgehead atoms. The first-order chi connectivity index (χ1) is 10.8. The van der Waals surface area contributed by atoms with Crippen molar-refractivity contribution >= 4 is 35.0 Å². The average Bonchev–Trinajstić information content (AvgIpc) is 2.47. The molecule has 0 aliphatic rings. The van der Waals surface area contributed by atoms with Crippen molar-refractivity contribution in [2.24, 2.45) is 0 Å².